The van der Waals surface area contributed by atoms with Crippen LogP contribution < -0.4 is 0 Å². The summed E-state index contributed by atoms with van der Waals surface area (Å²) in [5.41, 5.74) is 0.880. The first kappa shape index (κ1) is 15.4. The minimum absolute atomic E-state index is 0.0548. The molecule has 0 aliphatic carbocycles. The smallest absolute Gasteiger partial charge is 0.152 e. The van der Waals surface area contributed by atoms with Crippen molar-refractivity contribution in [1.29, 1.82) is 0 Å². The molecule has 1 rings (SSSR count). The van der Waals surface area contributed by atoms with Gasteiger partial charge in [-0.25, -0.2) is 12.8 Å². The molecule has 0 heterocycles. The first-order chi connectivity index (χ1) is 8.36. The average Bonchev–Trinajstić information content (AvgIpc) is 2.31. The standard InChI is InChI=1S/C13H18ClFO2S/c1-10(2)18(16,17)8-7-12(9-14)11-3-5-13(15)6-4-11/h3-6,10,12H,7-9H2,1-2H3. The maximum absolute atomic E-state index is 12.8. The van der Waals surface area contributed by atoms with E-state index in [0.717, 1.165) is 5.56 Å². The first-order valence-electron chi connectivity index (χ1n) is 5.90. The van der Waals surface area contributed by atoms with E-state index in [0.29, 0.717) is 12.3 Å². The van der Waals surface area contributed by atoms with Crippen molar-refractivity contribution >= 4 is 21.4 Å². The number of hydrogen-bond donors (Lipinski definition) is 0. The molecular formula is C13H18ClFO2S. The fraction of sp³-hybridized carbons (Fsp3) is 0.538. The van der Waals surface area contributed by atoms with Gasteiger partial charge in [-0.3, -0.25) is 0 Å². The molecule has 5 heteroatoms. The van der Waals surface area contributed by atoms with Crippen molar-refractivity contribution in [2.24, 2.45) is 0 Å². The Morgan fingerprint density at radius 1 is 1.22 bits per heavy atom. The van der Waals surface area contributed by atoms with Gasteiger partial charge in [0.15, 0.2) is 9.84 Å². The number of halogens is 2. The van der Waals surface area contributed by atoms with E-state index in [-0.39, 0.29) is 22.7 Å². The van der Waals surface area contributed by atoms with Crippen molar-refractivity contribution in [3.8, 4) is 0 Å². The van der Waals surface area contributed by atoms with E-state index in [1.165, 1.54) is 12.1 Å². The highest BCUT2D eigenvalue weighted by Crippen LogP contribution is 2.23. The molecule has 0 fully saturated rings. The van der Waals surface area contributed by atoms with E-state index in [2.05, 4.69) is 0 Å². The summed E-state index contributed by atoms with van der Waals surface area (Å²) in [4.78, 5) is 0. The van der Waals surface area contributed by atoms with Crippen LogP contribution in [0.1, 0.15) is 31.7 Å². The van der Waals surface area contributed by atoms with Crippen molar-refractivity contribution in [3.63, 3.8) is 0 Å². The number of hydrogen-bond acceptors (Lipinski definition) is 2. The molecule has 1 atom stereocenters. The molecule has 102 valence electrons. The Hall–Kier alpha value is -0.610. The second-order valence-electron chi connectivity index (χ2n) is 4.61. The van der Waals surface area contributed by atoms with Crippen molar-refractivity contribution < 1.29 is 12.8 Å². The normalized spacial score (nSPS) is 13.8. The first-order valence-corrected chi connectivity index (χ1v) is 8.15. The van der Waals surface area contributed by atoms with E-state index >= 15 is 0 Å². The summed E-state index contributed by atoms with van der Waals surface area (Å²) in [7, 11) is -3.05. The van der Waals surface area contributed by atoms with Crippen LogP contribution in [0.2, 0.25) is 0 Å². The van der Waals surface area contributed by atoms with Crippen LogP contribution in [0.5, 0.6) is 0 Å². The van der Waals surface area contributed by atoms with Crippen LogP contribution in [0.4, 0.5) is 4.39 Å². The minimum atomic E-state index is -3.05. The van der Waals surface area contributed by atoms with Gasteiger partial charge in [-0.1, -0.05) is 12.1 Å². The Morgan fingerprint density at radius 2 is 1.78 bits per heavy atom. The van der Waals surface area contributed by atoms with Gasteiger partial charge in [0.2, 0.25) is 0 Å². The Kier molecular flexibility index (Phi) is 5.60. The third-order valence-corrected chi connectivity index (χ3v) is 5.61. The molecule has 18 heavy (non-hydrogen) atoms. The molecule has 0 aliphatic rings. The summed E-state index contributed by atoms with van der Waals surface area (Å²) >= 11 is 5.86. The molecule has 0 aromatic heterocycles. The highest BCUT2D eigenvalue weighted by Gasteiger charge is 2.19. The third-order valence-electron chi connectivity index (χ3n) is 3.00. The Bertz CT molecular complexity index is 468. The van der Waals surface area contributed by atoms with Gasteiger partial charge in [0, 0.05) is 5.88 Å². The predicted molar refractivity (Wildman–Crippen MR) is 73.4 cm³/mol. The van der Waals surface area contributed by atoms with Gasteiger partial charge in [0.05, 0.1) is 11.0 Å². The van der Waals surface area contributed by atoms with E-state index in [4.69, 9.17) is 11.6 Å². The maximum atomic E-state index is 12.8. The van der Waals surface area contributed by atoms with Crippen LogP contribution in [0.3, 0.4) is 0 Å². The lowest BCUT2D eigenvalue weighted by atomic mass is 9.99. The van der Waals surface area contributed by atoms with Crippen molar-refractivity contribution in [2.75, 3.05) is 11.6 Å². The van der Waals surface area contributed by atoms with Crippen molar-refractivity contribution in [3.05, 3.63) is 35.6 Å². The summed E-state index contributed by atoms with van der Waals surface area (Å²) in [6.07, 6.45) is 0.468. The predicted octanol–water partition coefficient (Wildman–Crippen LogP) is 3.36. The maximum Gasteiger partial charge on any atom is 0.152 e. The molecule has 0 bridgehead atoms. The van der Waals surface area contributed by atoms with Crippen LogP contribution in [0.15, 0.2) is 24.3 Å². The van der Waals surface area contributed by atoms with Gasteiger partial charge in [-0.05, 0) is 43.9 Å². The Morgan fingerprint density at radius 3 is 2.22 bits per heavy atom. The average molecular weight is 293 g/mol. The summed E-state index contributed by atoms with van der Waals surface area (Å²) in [6.45, 7) is 3.34. The molecule has 0 amide bonds. The zero-order valence-corrected chi connectivity index (χ0v) is 12.1. The van der Waals surface area contributed by atoms with Crippen LogP contribution in [-0.4, -0.2) is 25.3 Å². The number of benzene rings is 1. The van der Waals surface area contributed by atoms with E-state index in [1.807, 2.05) is 0 Å². The highest BCUT2D eigenvalue weighted by molar-refractivity contribution is 7.91. The summed E-state index contributed by atoms with van der Waals surface area (Å²) in [5, 5.41) is -0.373. The molecule has 2 nitrogen and oxygen atoms in total. The molecule has 0 spiro atoms. The van der Waals surface area contributed by atoms with Gasteiger partial charge in [-0.2, -0.15) is 0 Å². The summed E-state index contributed by atoms with van der Waals surface area (Å²) in [6, 6.07) is 6.05. The van der Waals surface area contributed by atoms with Gasteiger partial charge in [0.1, 0.15) is 5.82 Å². The Labute approximate surface area is 113 Å². The molecule has 0 aliphatic heterocycles. The lowest BCUT2D eigenvalue weighted by Gasteiger charge is -2.15. The van der Waals surface area contributed by atoms with Crippen molar-refractivity contribution in [1.82, 2.24) is 0 Å². The largest absolute Gasteiger partial charge is 0.229 e. The van der Waals surface area contributed by atoms with Gasteiger partial charge in [0.25, 0.3) is 0 Å². The van der Waals surface area contributed by atoms with Crippen LogP contribution in [0, 0.1) is 5.82 Å². The monoisotopic (exact) mass is 292 g/mol. The number of sulfone groups is 1. The molecule has 0 N–H and O–H groups in total. The molecule has 0 saturated heterocycles. The SMILES string of the molecule is CC(C)S(=O)(=O)CCC(CCl)c1ccc(F)cc1. The van der Waals surface area contributed by atoms with Crippen molar-refractivity contribution in [2.45, 2.75) is 31.4 Å². The minimum Gasteiger partial charge on any atom is -0.229 e. The second-order valence-corrected chi connectivity index (χ2v) is 7.59. The van der Waals surface area contributed by atoms with Crippen LogP contribution in [0.25, 0.3) is 0 Å². The molecule has 1 aromatic rings. The molecule has 1 unspecified atom stereocenters. The number of rotatable bonds is 6. The van der Waals surface area contributed by atoms with E-state index in [1.54, 1.807) is 26.0 Å². The van der Waals surface area contributed by atoms with E-state index in [9.17, 15) is 12.8 Å². The third kappa shape index (κ3) is 4.25. The Balaban J connectivity index is 2.72. The molecule has 1 aromatic carbocycles. The zero-order chi connectivity index (χ0) is 13.8. The topological polar surface area (TPSA) is 34.1 Å². The zero-order valence-electron chi connectivity index (χ0n) is 10.6. The highest BCUT2D eigenvalue weighted by atomic mass is 35.5. The quantitative estimate of drug-likeness (QED) is 0.754. The van der Waals surface area contributed by atoms with Gasteiger partial charge < -0.3 is 0 Å². The fourth-order valence-electron chi connectivity index (χ4n) is 1.61. The second kappa shape index (κ2) is 6.53. The van der Waals surface area contributed by atoms with Gasteiger partial charge in [-0.15, -0.1) is 11.6 Å². The van der Waals surface area contributed by atoms with Crippen LogP contribution in [-0.2, 0) is 9.84 Å². The molecule has 0 radical (unpaired) electrons. The number of alkyl halides is 1. The van der Waals surface area contributed by atoms with Gasteiger partial charge >= 0.3 is 0 Å². The van der Waals surface area contributed by atoms with E-state index < -0.39 is 9.84 Å². The lowest BCUT2D eigenvalue weighted by Crippen LogP contribution is -2.19. The fourth-order valence-corrected chi connectivity index (χ4v) is 3.03. The van der Waals surface area contributed by atoms with Crippen LogP contribution >= 0.6 is 11.6 Å². The lowest BCUT2D eigenvalue weighted by molar-refractivity contribution is 0.579. The molecule has 0 saturated carbocycles. The summed E-state index contributed by atoms with van der Waals surface area (Å²) < 4.78 is 36.3. The summed E-state index contributed by atoms with van der Waals surface area (Å²) in [5.74, 6) is 0.0845. The molecular weight excluding hydrogens is 275 g/mol.